The van der Waals surface area contributed by atoms with E-state index in [-0.39, 0.29) is 17.5 Å². The normalized spacial score (nSPS) is 11.3. The van der Waals surface area contributed by atoms with Crippen LogP contribution >= 0.6 is 0 Å². The molecule has 0 N–H and O–H groups in total. The maximum Gasteiger partial charge on any atom is 0.347 e. The quantitative estimate of drug-likeness (QED) is 0.475. The van der Waals surface area contributed by atoms with Gasteiger partial charge in [-0.15, -0.1) is 0 Å². The second-order valence-corrected chi connectivity index (χ2v) is 5.85. The van der Waals surface area contributed by atoms with Gasteiger partial charge in [0.05, 0.1) is 27.4 Å². The highest BCUT2D eigenvalue weighted by Crippen LogP contribution is 2.27. The molecule has 0 aliphatic carbocycles. The summed E-state index contributed by atoms with van der Waals surface area (Å²) in [4.78, 5) is 32.9. The molecule has 0 unspecified atom stereocenters. The van der Waals surface area contributed by atoms with Crippen LogP contribution in [-0.4, -0.2) is 9.97 Å². The van der Waals surface area contributed by atoms with Gasteiger partial charge in [0.1, 0.15) is 6.26 Å². The molecular weight excluding hydrogens is 348 g/mol. The average Bonchev–Trinajstić information content (AvgIpc) is 3.18. The lowest BCUT2D eigenvalue weighted by molar-refractivity contribution is 0.481. The number of aromatic nitrogens is 2. The summed E-state index contributed by atoms with van der Waals surface area (Å²) in [6.07, 6.45) is 1.37. The van der Waals surface area contributed by atoms with E-state index >= 15 is 0 Å². The Morgan fingerprint density at radius 3 is 1.93 bits per heavy atom. The van der Waals surface area contributed by atoms with Gasteiger partial charge in [-0.3, -0.25) is 0 Å². The Bertz CT molecular complexity index is 1320. The highest BCUT2D eigenvalue weighted by molar-refractivity contribution is 5.79. The molecule has 5 aromatic rings. The number of hydrogen-bond acceptors (Lipinski definition) is 7. The fourth-order valence-corrected chi connectivity index (χ4v) is 2.83. The molecule has 3 heterocycles. The maximum atomic E-state index is 12.1. The lowest BCUT2D eigenvalue weighted by Gasteiger charge is -1.98. The minimum absolute atomic E-state index is 0.0353. The molecule has 0 aliphatic heterocycles. The molecular formula is C20H10N2O5. The van der Waals surface area contributed by atoms with E-state index in [1.807, 2.05) is 0 Å². The van der Waals surface area contributed by atoms with Crippen LogP contribution in [0.5, 0.6) is 0 Å². The van der Waals surface area contributed by atoms with Crippen molar-refractivity contribution >= 4 is 21.8 Å². The van der Waals surface area contributed by atoms with Crippen LogP contribution in [0.15, 0.2) is 83.7 Å². The van der Waals surface area contributed by atoms with E-state index in [4.69, 9.17) is 13.3 Å². The molecule has 5 rings (SSSR count). The molecule has 0 bridgehead atoms. The van der Waals surface area contributed by atoms with E-state index < -0.39 is 11.3 Å². The molecule has 0 aliphatic rings. The lowest BCUT2D eigenvalue weighted by Crippen LogP contribution is -2.02. The van der Waals surface area contributed by atoms with Gasteiger partial charge < -0.3 is 13.3 Å². The Hall–Kier alpha value is -4.00. The van der Waals surface area contributed by atoms with Crippen LogP contribution in [0.2, 0.25) is 0 Å². The van der Waals surface area contributed by atoms with Crippen LogP contribution in [0.4, 0.5) is 0 Å². The number of benzene rings is 2. The molecule has 0 atom stereocenters. The van der Waals surface area contributed by atoms with Gasteiger partial charge in [0.2, 0.25) is 5.89 Å². The Morgan fingerprint density at radius 1 is 0.704 bits per heavy atom. The van der Waals surface area contributed by atoms with Gasteiger partial charge >= 0.3 is 11.3 Å². The van der Waals surface area contributed by atoms with Gasteiger partial charge in [0.25, 0.3) is 5.89 Å². The zero-order valence-electron chi connectivity index (χ0n) is 13.7. The topological polar surface area (TPSA) is 99.3 Å². The second kappa shape index (κ2) is 5.77. The fraction of sp³-hybridized carbons (Fsp3) is 0. The second-order valence-electron chi connectivity index (χ2n) is 5.85. The van der Waals surface area contributed by atoms with E-state index in [1.165, 1.54) is 6.26 Å². The molecule has 27 heavy (non-hydrogen) atoms. The molecule has 130 valence electrons. The first-order valence-electron chi connectivity index (χ1n) is 8.08. The van der Waals surface area contributed by atoms with Crippen molar-refractivity contribution in [2.75, 3.05) is 0 Å². The predicted molar refractivity (Wildman–Crippen MR) is 97.3 cm³/mol. The number of furan rings is 1. The van der Waals surface area contributed by atoms with Gasteiger partial charge in [-0.05, 0) is 24.3 Å². The van der Waals surface area contributed by atoms with Gasteiger partial charge in [0, 0.05) is 6.07 Å². The third-order valence-corrected chi connectivity index (χ3v) is 4.13. The van der Waals surface area contributed by atoms with E-state index in [0.29, 0.717) is 27.4 Å². The highest BCUT2D eigenvalue weighted by Gasteiger charge is 2.16. The molecule has 0 fully saturated rings. The first-order valence-corrected chi connectivity index (χ1v) is 8.08. The first kappa shape index (κ1) is 15.3. The summed E-state index contributed by atoms with van der Waals surface area (Å²) in [6, 6.07) is 15.3. The number of nitrogens with zero attached hydrogens (tertiary/aromatic N) is 2. The largest absolute Gasteiger partial charge is 0.458 e. The van der Waals surface area contributed by atoms with E-state index in [2.05, 4.69) is 9.97 Å². The zero-order valence-corrected chi connectivity index (χ0v) is 13.7. The minimum Gasteiger partial charge on any atom is -0.458 e. The van der Waals surface area contributed by atoms with Crippen molar-refractivity contribution in [3.05, 3.63) is 81.7 Å². The van der Waals surface area contributed by atoms with Crippen molar-refractivity contribution < 1.29 is 13.3 Å². The molecule has 3 aromatic heterocycles. The van der Waals surface area contributed by atoms with Crippen molar-refractivity contribution in [1.82, 2.24) is 9.97 Å². The summed E-state index contributed by atoms with van der Waals surface area (Å²) in [5.74, 6) is 0.371. The SMILES string of the molecule is O=c1oc(-c2coc(-c3nc4ccccc4c(=O)o3)c2)nc2ccccc12. The van der Waals surface area contributed by atoms with Crippen LogP contribution in [0.3, 0.4) is 0 Å². The zero-order chi connectivity index (χ0) is 18.4. The van der Waals surface area contributed by atoms with Gasteiger partial charge in [-0.1, -0.05) is 24.3 Å². The molecule has 7 nitrogen and oxygen atoms in total. The predicted octanol–water partition coefficient (Wildman–Crippen LogP) is 3.62. The Labute approximate surface area is 150 Å². The Kier molecular flexibility index (Phi) is 3.26. The molecule has 0 amide bonds. The molecule has 2 aromatic carbocycles. The smallest absolute Gasteiger partial charge is 0.347 e. The number of rotatable bonds is 2. The van der Waals surface area contributed by atoms with Gasteiger partial charge in [-0.2, -0.15) is 0 Å². The summed E-state index contributed by atoms with van der Waals surface area (Å²) >= 11 is 0. The van der Waals surface area contributed by atoms with E-state index in [1.54, 1.807) is 54.6 Å². The number of para-hydroxylation sites is 2. The van der Waals surface area contributed by atoms with Crippen LogP contribution in [0.25, 0.3) is 44.9 Å². The molecule has 0 radical (unpaired) electrons. The maximum absolute atomic E-state index is 12.1. The number of hydrogen-bond donors (Lipinski definition) is 0. The van der Waals surface area contributed by atoms with Crippen molar-refractivity contribution in [3.63, 3.8) is 0 Å². The molecule has 7 heteroatoms. The monoisotopic (exact) mass is 358 g/mol. The summed E-state index contributed by atoms with van der Waals surface area (Å²) in [6.45, 7) is 0. The van der Waals surface area contributed by atoms with Crippen LogP contribution < -0.4 is 11.3 Å². The standard InChI is InChI=1S/C20H10N2O5/c23-19-12-5-1-3-7-14(12)21-17(26-19)11-9-16(25-10-11)18-22-15-8-4-2-6-13(15)20(24)27-18/h1-10H. The van der Waals surface area contributed by atoms with Crippen molar-refractivity contribution in [1.29, 1.82) is 0 Å². The minimum atomic E-state index is -0.510. The summed E-state index contributed by atoms with van der Waals surface area (Å²) in [7, 11) is 0. The fourth-order valence-electron chi connectivity index (χ4n) is 2.83. The third-order valence-electron chi connectivity index (χ3n) is 4.13. The van der Waals surface area contributed by atoms with Crippen molar-refractivity contribution in [3.8, 4) is 23.1 Å². The average molecular weight is 358 g/mol. The van der Waals surface area contributed by atoms with Crippen LogP contribution in [0.1, 0.15) is 0 Å². The molecule has 0 saturated carbocycles. The van der Waals surface area contributed by atoms with Gasteiger partial charge in [0.15, 0.2) is 5.76 Å². The molecule has 0 saturated heterocycles. The summed E-state index contributed by atoms with van der Waals surface area (Å²) in [5.41, 5.74) is 0.446. The summed E-state index contributed by atoms with van der Waals surface area (Å²) < 4.78 is 16.0. The van der Waals surface area contributed by atoms with Crippen molar-refractivity contribution in [2.45, 2.75) is 0 Å². The third kappa shape index (κ3) is 2.53. The molecule has 0 spiro atoms. The Morgan fingerprint density at radius 2 is 1.26 bits per heavy atom. The number of fused-ring (bicyclic) bond motifs is 2. The van der Waals surface area contributed by atoms with Crippen molar-refractivity contribution in [2.24, 2.45) is 0 Å². The van der Waals surface area contributed by atoms with E-state index in [9.17, 15) is 9.59 Å². The van der Waals surface area contributed by atoms with Crippen LogP contribution in [-0.2, 0) is 0 Å². The highest BCUT2D eigenvalue weighted by atomic mass is 16.4. The Balaban J connectivity index is 1.63. The van der Waals surface area contributed by atoms with E-state index in [0.717, 1.165) is 0 Å². The lowest BCUT2D eigenvalue weighted by atomic mass is 10.2. The first-order chi connectivity index (χ1) is 13.2. The summed E-state index contributed by atoms with van der Waals surface area (Å²) in [5, 5.41) is 0.780. The van der Waals surface area contributed by atoms with Gasteiger partial charge in [-0.25, -0.2) is 19.6 Å². The van der Waals surface area contributed by atoms with Crippen LogP contribution in [0, 0.1) is 0 Å².